The zero-order valence-corrected chi connectivity index (χ0v) is 14.2. The summed E-state index contributed by atoms with van der Waals surface area (Å²) in [5, 5.41) is 21.5. The van der Waals surface area contributed by atoms with Gasteiger partial charge < -0.3 is 14.7 Å². The summed E-state index contributed by atoms with van der Waals surface area (Å²) in [5.41, 5.74) is 2.79. The fourth-order valence-electron chi connectivity index (χ4n) is 3.33. The molecule has 140 valence electrons. The number of hydrogen-bond acceptors (Lipinski definition) is 6. The predicted molar refractivity (Wildman–Crippen MR) is 93.1 cm³/mol. The molecule has 1 aliphatic heterocycles. The van der Waals surface area contributed by atoms with Crippen molar-refractivity contribution in [3.05, 3.63) is 59.9 Å². The molecule has 1 N–H and O–H groups in total. The Hall–Kier alpha value is -3.07. The Bertz CT molecular complexity index is 916. The number of hydrogen-bond donors (Lipinski definition) is 1. The average molecular weight is 373 g/mol. The average Bonchev–Trinajstić information content (AvgIpc) is 3.27. The van der Waals surface area contributed by atoms with E-state index in [0.29, 0.717) is 24.6 Å². The van der Waals surface area contributed by atoms with Gasteiger partial charge in [-0.1, -0.05) is 18.2 Å². The normalized spacial score (nSPS) is 16.0. The van der Waals surface area contributed by atoms with Crippen molar-refractivity contribution in [3.8, 4) is 11.4 Å². The van der Waals surface area contributed by atoms with E-state index in [9.17, 15) is 13.9 Å². The molecule has 3 aromatic rings. The van der Waals surface area contributed by atoms with Gasteiger partial charge in [-0.3, -0.25) is 0 Å². The summed E-state index contributed by atoms with van der Waals surface area (Å²) >= 11 is 0. The van der Waals surface area contributed by atoms with Crippen molar-refractivity contribution < 1.29 is 18.6 Å². The van der Waals surface area contributed by atoms with Gasteiger partial charge in [-0.05, 0) is 46.3 Å². The largest absolute Gasteiger partial charge is 0.435 e. The number of rotatable bonds is 6. The lowest BCUT2D eigenvalue weighted by atomic mass is 10.0. The van der Waals surface area contributed by atoms with Crippen molar-refractivity contribution in [1.29, 1.82) is 0 Å². The molecule has 2 heterocycles. The van der Waals surface area contributed by atoms with Crippen LogP contribution in [0, 0.1) is 0 Å². The zero-order valence-electron chi connectivity index (χ0n) is 14.2. The van der Waals surface area contributed by atoms with E-state index in [0.717, 1.165) is 11.3 Å². The summed E-state index contributed by atoms with van der Waals surface area (Å²) in [4.78, 5) is 2.12. The number of ether oxygens (including phenoxy) is 1. The van der Waals surface area contributed by atoms with Crippen molar-refractivity contribution in [3.63, 3.8) is 0 Å². The number of para-hydroxylation sites is 1. The quantitative estimate of drug-likeness (QED) is 0.715. The SMILES string of the molecule is OCC1CN(Cc2nnnn2-c2ccc(OC(F)F)cc2)c2ccccc21. The van der Waals surface area contributed by atoms with Crippen LogP contribution >= 0.6 is 0 Å². The van der Waals surface area contributed by atoms with Crippen molar-refractivity contribution in [1.82, 2.24) is 20.2 Å². The van der Waals surface area contributed by atoms with Gasteiger partial charge in [0.25, 0.3) is 0 Å². The Morgan fingerprint density at radius 3 is 2.67 bits per heavy atom. The smallest absolute Gasteiger partial charge is 0.387 e. The van der Waals surface area contributed by atoms with Gasteiger partial charge in [0.2, 0.25) is 0 Å². The minimum absolute atomic E-state index is 0.0521. The van der Waals surface area contributed by atoms with Crippen LogP contribution in [0.5, 0.6) is 5.75 Å². The lowest BCUT2D eigenvalue weighted by molar-refractivity contribution is -0.0498. The second kappa shape index (κ2) is 7.28. The highest BCUT2D eigenvalue weighted by Gasteiger charge is 2.28. The molecule has 7 nitrogen and oxygen atoms in total. The van der Waals surface area contributed by atoms with E-state index in [1.54, 1.807) is 16.8 Å². The maximum atomic E-state index is 12.3. The fraction of sp³-hybridized carbons (Fsp3) is 0.278. The number of benzene rings is 2. The third-order valence-corrected chi connectivity index (χ3v) is 4.55. The predicted octanol–water partition coefficient (Wildman–Crippen LogP) is 2.36. The Labute approximate surface area is 153 Å². The minimum atomic E-state index is -2.87. The second-order valence-corrected chi connectivity index (χ2v) is 6.20. The summed E-state index contributed by atoms with van der Waals surface area (Å²) in [6.45, 7) is -1.67. The summed E-state index contributed by atoms with van der Waals surface area (Å²) in [6, 6.07) is 14.1. The van der Waals surface area contributed by atoms with Crippen molar-refractivity contribution >= 4 is 5.69 Å². The van der Waals surface area contributed by atoms with E-state index in [1.807, 2.05) is 24.3 Å². The summed E-state index contributed by atoms with van der Waals surface area (Å²) in [7, 11) is 0. The van der Waals surface area contributed by atoms with Crippen LogP contribution < -0.4 is 9.64 Å². The highest BCUT2D eigenvalue weighted by molar-refractivity contribution is 5.60. The molecule has 0 aliphatic carbocycles. The molecule has 27 heavy (non-hydrogen) atoms. The standard InChI is InChI=1S/C18H17F2N5O2/c19-18(20)27-14-7-5-13(6-8-14)25-17(21-22-23-25)10-24-9-12(11-26)15-3-1-2-4-16(15)24/h1-8,12,18,26H,9-11H2. The summed E-state index contributed by atoms with van der Waals surface area (Å²) in [6.07, 6.45) is 0. The number of halogens is 2. The Kier molecular flexibility index (Phi) is 4.68. The zero-order chi connectivity index (χ0) is 18.8. The molecule has 1 aliphatic rings. The third-order valence-electron chi connectivity index (χ3n) is 4.55. The van der Waals surface area contributed by atoms with Gasteiger partial charge in [0.15, 0.2) is 5.82 Å². The molecule has 0 saturated carbocycles. The van der Waals surface area contributed by atoms with Crippen molar-refractivity contribution in [2.24, 2.45) is 0 Å². The molecule has 0 fully saturated rings. The molecule has 0 saturated heterocycles. The lowest BCUT2D eigenvalue weighted by Gasteiger charge is -2.19. The number of anilines is 1. The van der Waals surface area contributed by atoms with E-state index in [2.05, 4.69) is 25.2 Å². The first-order valence-electron chi connectivity index (χ1n) is 8.43. The van der Waals surface area contributed by atoms with E-state index in [-0.39, 0.29) is 18.3 Å². The van der Waals surface area contributed by atoms with Crippen LogP contribution in [-0.2, 0) is 6.54 Å². The molecule has 2 aromatic carbocycles. The van der Waals surface area contributed by atoms with Crippen LogP contribution in [0.3, 0.4) is 0 Å². The number of fused-ring (bicyclic) bond motifs is 1. The van der Waals surface area contributed by atoms with Crippen LogP contribution in [0.4, 0.5) is 14.5 Å². The highest BCUT2D eigenvalue weighted by Crippen LogP contribution is 2.36. The Morgan fingerprint density at radius 2 is 1.93 bits per heavy atom. The Morgan fingerprint density at radius 1 is 1.15 bits per heavy atom. The van der Waals surface area contributed by atoms with Gasteiger partial charge in [0.05, 0.1) is 18.8 Å². The minimum Gasteiger partial charge on any atom is -0.435 e. The number of nitrogens with zero attached hydrogens (tertiary/aromatic N) is 5. The second-order valence-electron chi connectivity index (χ2n) is 6.20. The molecule has 4 rings (SSSR count). The molecular weight excluding hydrogens is 356 g/mol. The molecule has 1 unspecified atom stereocenters. The summed E-state index contributed by atoms with van der Waals surface area (Å²) in [5.74, 6) is 0.727. The van der Waals surface area contributed by atoms with E-state index in [1.165, 1.54) is 12.1 Å². The number of tetrazole rings is 1. The molecule has 1 aromatic heterocycles. The van der Waals surface area contributed by atoms with E-state index < -0.39 is 6.61 Å². The monoisotopic (exact) mass is 373 g/mol. The molecule has 0 amide bonds. The van der Waals surface area contributed by atoms with Gasteiger partial charge in [-0.25, -0.2) is 0 Å². The third kappa shape index (κ3) is 3.45. The highest BCUT2D eigenvalue weighted by atomic mass is 19.3. The lowest BCUT2D eigenvalue weighted by Crippen LogP contribution is -2.24. The molecule has 0 radical (unpaired) electrons. The summed E-state index contributed by atoms with van der Waals surface area (Å²) < 4.78 is 30.5. The molecule has 0 bridgehead atoms. The molecule has 9 heteroatoms. The number of aliphatic hydroxyl groups excluding tert-OH is 1. The molecule has 0 spiro atoms. The molecule has 1 atom stereocenters. The maximum absolute atomic E-state index is 12.3. The Balaban J connectivity index is 1.57. The van der Waals surface area contributed by atoms with Crippen LogP contribution in [0.1, 0.15) is 17.3 Å². The van der Waals surface area contributed by atoms with Crippen molar-refractivity contribution in [2.45, 2.75) is 19.1 Å². The molecular formula is C18H17F2N5O2. The van der Waals surface area contributed by atoms with Gasteiger partial charge in [0.1, 0.15) is 5.75 Å². The maximum Gasteiger partial charge on any atom is 0.387 e. The topological polar surface area (TPSA) is 76.3 Å². The van der Waals surface area contributed by atoms with Gasteiger partial charge in [0, 0.05) is 18.2 Å². The van der Waals surface area contributed by atoms with E-state index in [4.69, 9.17) is 0 Å². The van der Waals surface area contributed by atoms with Crippen LogP contribution in [0.25, 0.3) is 5.69 Å². The number of aliphatic hydroxyl groups is 1. The fourth-order valence-corrected chi connectivity index (χ4v) is 3.33. The number of aromatic nitrogens is 4. The van der Waals surface area contributed by atoms with Crippen LogP contribution in [-0.4, -0.2) is 45.1 Å². The van der Waals surface area contributed by atoms with Gasteiger partial charge in [-0.2, -0.15) is 13.5 Å². The first-order chi connectivity index (χ1) is 13.2. The first kappa shape index (κ1) is 17.3. The first-order valence-corrected chi connectivity index (χ1v) is 8.43. The number of alkyl halides is 2. The van der Waals surface area contributed by atoms with Gasteiger partial charge in [-0.15, -0.1) is 5.10 Å². The van der Waals surface area contributed by atoms with Crippen LogP contribution in [0.15, 0.2) is 48.5 Å². The van der Waals surface area contributed by atoms with E-state index >= 15 is 0 Å². The van der Waals surface area contributed by atoms with Gasteiger partial charge >= 0.3 is 6.61 Å². The van der Waals surface area contributed by atoms with Crippen molar-refractivity contribution in [2.75, 3.05) is 18.1 Å². The van der Waals surface area contributed by atoms with Crippen LogP contribution in [0.2, 0.25) is 0 Å².